The Hall–Kier alpha value is -2.68. The topological polar surface area (TPSA) is 93.5 Å². The van der Waals surface area contributed by atoms with Crippen LogP contribution < -0.4 is 10.1 Å². The minimum atomic E-state index is -3.67. The van der Waals surface area contributed by atoms with Crippen LogP contribution in [0.4, 0.5) is 0 Å². The van der Waals surface area contributed by atoms with Crippen LogP contribution in [0.5, 0.6) is 5.88 Å². The van der Waals surface area contributed by atoms with E-state index in [-0.39, 0.29) is 5.54 Å². The SMILES string of the molecule is CC(C)(C)NCCCOc1nn(-c2ccccc2)cc1-c1ccccc1.CS(=O)(=O)O. The van der Waals surface area contributed by atoms with Crippen molar-refractivity contribution in [3.63, 3.8) is 0 Å². The zero-order valence-electron chi connectivity index (χ0n) is 18.4. The predicted molar refractivity (Wildman–Crippen MR) is 124 cm³/mol. The van der Waals surface area contributed by atoms with E-state index >= 15 is 0 Å². The Morgan fingerprint density at radius 3 is 2.13 bits per heavy atom. The van der Waals surface area contributed by atoms with Gasteiger partial charge in [0.2, 0.25) is 5.88 Å². The fourth-order valence-corrected chi connectivity index (χ4v) is 2.70. The Morgan fingerprint density at radius 1 is 1.03 bits per heavy atom. The van der Waals surface area contributed by atoms with Crippen LogP contribution in [0.2, 0.25) is 0 Å². The number of hydrogen-bond donors (Lipinski definition) is 2. The molecule has 0 unspecified atom stereocenters. The summed E-state index contributed by atoms with van der Waals surface area (Å²) in [6.07, 6.45) is 3.68. The second-order valence-corrected chi connectivity index (χ2v) is 9.57. The monoisotopic (exact) mass is 445 g/mol. The molecular formula is C23H31N3O4S. The standard InChI is InChI=1S/C22H27N3O.CH4O3S/c1-22(2,3)23-15-10-16-26-21-20(18-11-6-4-7-12-18)17-25(24-21)19-13-8-5-9-14-19;1-5(2,3)4/h4-9,11-14,17,23H,10,15-16H2,1-3H3;1H3,(H,2,3,4). The van der Waals surface area contributed by atoms with Crippen molar-refractivity contribution in [2.75, 3.05) is 19.4 Å². The average molecular weight is 446 g/mol. The molecule has 2 aromatic carbocycles. The van der Waals surface area contributed by atoms with Crippen molar-refractivity contribution in [3.8, 4) is 22.7 Å². The summed E-state index contributed by atoms with van der Waals surface area (Å²) in [4.78, 5) is 0. The molecule has 7 nitrogen and oxygen atoms in total. The molecule has 0 saturated carbocycles. The number of benzene rings is 2. The van der Waals surface area contributed by atoms with Crippen LogP contribution in [0.1, 0.15) is 27.2 Å². The maximum atomic E-state index is 9.19. The van der Waals surface area contributed by atoms with Gasteiger partial charge < -0.3 is 10.1 Å². The van der Waals surface area contributed by atoms with Gasteiger partial charge in [0.05, 0.1) is 24.1 Å². The van der Waals surface area contributed by atoms with E-state index in [0.29, 0.717) is 18.7 Å². The Labute approximate surface area is 184 Å². The molecule has 0 radical (unpaired) electrons. The van der Waals surface area contributed by atoms with Gasteiger partial charge in [0, 0.05) is 11.7 Å². The molecule has 0 atom stereocenters. The van der Waals surface area contributed by atoms with Gasteiger partial charge in [-0.25, -0.2) is 4.68 Å². The lowest BCUT2D eigenvalue weighted by Crippen LogP contribution is -2.36. The fourth-order valence-electron chi connectivity index (χ4n) is 2.70. The summed E-state index contributed by atoms with van der Waals surface area (Å²) in [5, 5.41) is 8.16. The lowest BCUT2D eigenvalue weighted by atomic mass is 10.1. The quantitative estimate of drug-likeness (QED) is 0.418. The molecule has 0 aliphatic heterocycles. The molecule has 2 N–H and O–H groups in total. The molecular weight excluding hydrogens is 414 g/mol. The fraction of sp³-hybridized carbons (Fsp3) is 0.348. The Morgan fingerprint density at radius 2 is 1.58 bits per heavy atom. The molecule has 3 aromatic rings. The average Bonchev–Trinajstić information content (AvgIpc) is 3.11. The number of para-hydroxylation sites is 1. The summed E-state index contributed by atoms with van der Waals surface area (Å²) in [5.74, 6) is 0.677. The minimum absolute atomic E-state index is 0.129. The Kier molecular flexibility index (Phi) is 8.79. The summed E-state index contributed by atoms with van der Waals surface area (Å²) in [7, 11) is -3.67. The van der Waals surface area contributed by atoms with Crippen LogP contribution in [0.15, 0.2) is 66.9 Å². The van der Waals surface area contributed by atoms with E-state index < -0.39 is 10.1 Å². The van der Waals surface area contributed by atoms with Gasteiger partial charge >= 0.3 is 0 Å². The largest absolute Gasteiger partial charge is 0.476 e. The van der Waals surface area contributed by atoms with Crippen molar-refractivity contribution in [2.45, 2.75) is 32.7 Å². The highest BCUT2D eigenvalue weighted by atomic mass is 32.2. The zero-order valence-corrected chi connectivity index (χ0v) is 19.3. The van der Waals surface area contributed by atoms with Crippen LogP contribution in [0.25, 0.3) is 16.8 Å². The molecule has 0 saturated heterocycles. The van der Waals surface area contributed by atoms with E-state index in [9.17, 15) is 8.42 Å². The number of rotatable bonds is 7. The summed E-state index contributed by atoms with van der Waals surface area (Å²) in [6.45, 7) is 8.06. The Balaban J connectivity index is 0.000000614. The lowest BCUT2D eigenvalue weighted by Gasteiger charge is -2.20. The van der Waals surface area contributed by atoms with Crippen molar-refractivity contribution in [1.29, 1.82) is 0 Å². The first-order valence-corrected chi connectivity index (χ1v) is 11.9. The molecule has 0 aliphatic rings. The zero-order chi connectivity index (χ0) is 22.9. The van der Waals surface area contributed by atoms with Crippen molar-refractivity contribution in [1.82, 2.24) is 15.1 Å². The van der Waals surface area contributed by atoms with Gasteiger partial charge in [-0.05, 0) is 51.4 Å². The highest BCUT2D eigenvalue weighted by Crippen LogP contribution is 2.30. The first-order chi connectivity index (χ1) is 14.5. The van der Waals surface area contributed by atoms with Crippen LogP contribution in [-0.4, -0.2) is 47.7 Å². The second-order valence-electron chi connectivity index (χ2n) is 8.11. The van der Waals surface area contributed by atoms with Gasteiger partial charge in [0.15, 0.2) is 0 Å². The first kappa shape index (κ1) is 24.6. The Bertz CT molecular complexity index is 1020. The maximum Gasteiger partial charge on any atom is 0.261 e. The molecule has 0 fully saturated rings. The number of aromatic nitrogens is 2. The normalized spacial score (nSPS) is 11.5. The molecule has 168 valence electrons. The first-order valence-electron chi connectivity index (χ1n) is 10.0. The number of nitrogens with zero attached hydrogens (tertiary/aromatic N) is 2. The smallest absolute Gasteiger partial charge is 0.261 e. The van der Waals surface area contributed by atoms with Gasteiger partial charge in [-0.1, -0.05) is 48.5 Å². The molecule has 0 spiro atoms. The third-order valence-corrected chi connectivity index (χ3v) is 4.00. The minimum Gasteiger partial charge on any atom is -0.476 e. The lowest BCUT2D eigenvalue weighted by molar-refractivity contribution is 0.287. The number of hydrogen-bond acceptors (Lipinski definition) is 5. The second kappa shape index (κ2) is 11.1. The molecule has 0 amide bonds. The number of ether oxygens (including phenoxy) is 1. The summed E-state index contributed by atoms with van der Waals surface area (Å²) in [5.41, 5.74) is 3.27. The highest BCUT2D eigenvalue weighted by Gasteiger charge is 2.14. The van der Waals surface area contributed by atoms with Crippen LogP contribution >= 0.6 is 0 Å². The van der Waals surface area contributed by atoms with Crippen LogP contribution in [0.3, 0.4) is 0 Å². The highest BCUT2D eigenvalue weighted by molar-refractivity contribution is 7.85. The summed E-state index contributed by atoms with van der Waals surface area (Å²) in [6, 6.07) is 20.4. The molecule has 8 heteroatoms. The summed E-state index contributed by atoms with van der Waals surface area (Å²) >= 11 is 0. The molecule has 31 heavy (non-hydrogen) atoms. The van der Waals surface area contributed by atoms with Crippen molar-refractivity contribution in [3.05, 3.63) is 66.9 Å². The maximum absolute atomic E-state index is 9.19. The van der Waals surface area contributed by atoms with Gasteiger partial charge in [-0.15, -0.1) is 5.10 Å². The van der Waals surface area contributed by atoms with E-state index in [1.54, 1.807) is 0 Å². The molecule has 1 heterocycles. The van der Waals surface area contributed by atoms with E-state index in [1.165, 1.54) is 0 Å². The summed E-state index contributed by atoms with van der Waals surface area (Å²) < 4.78 is 33.8. The van der Waals surface area contributed by atoms with Gasteiger partial charge in [-0.2, -0.15) is 8.42 Å². The molecule has 0 bridgehead atoms. The van der Waals surface area contributed by atoms with E-state index in [4.69, 9.17) is 9.29 Å². The van der Waals surface area contributed by atoms with E-state index in [0.717, 1.165) is 29.8 Å². The van der Waals surface area contributed by atoms with Gasteiger partial charge in [0.25, 0.3) is 10.1 Å². The molecule has 3 rings (SSSR count). The van der Waals surface area contributed by atoms with Crippen LogP contribution in [0, 0.1) is 0 Å². The predicted octanol–water partition coefficient (Wildman–Crippen LogP) is 4.20. The molecule has 1 aromatic heterocycles. The third-order valence-electron chi connectivity index (χ3n) is 4.00. The van der Waals surface area contributed by atoms with Crippen molar-refractivity contribution >= 4 is 10.1 Å². The van der Waals surface area contributed by atoms with E-state index in [2.05, 4.69) is 43.3 Å². The molecule has 0 aliphatic carbocycles. The van der Waals surface area contributed by atoms with Gasteiger partial charge in [0.1, 0.15) is 0 Å². The van der Waals surface area contributed by atoms with Crippen molar-refractivity contribution in [2.24, 2.45) is 0 Å². The van der Waals surface area contributed by atoms with Gasteiger partial charge in [-0.3, -0.25) is 4.55 Å². The van der Waals surface area contributed by atoms with Crippen LogP contribution in [-0.2, 0) is 10.1 Å². The number of nitrogens with one attached hydrogen (secondary N) is 1. The van der Waals surface area contributed by atoms with E-state index in [1.807, 2.05) is 59.4 Å². The van der Waals surface area contributed by atoms with Crippen molar-refractivity contribution < 1.29 is 17.7 Å². The third kappa shape index (κ3) is 9.78.